The van der Waals surface area contributed by atoms with Gasteiger partial charge in [0.25, 0.3) is 11.6 Å². The first-order valence-corrected chi connectivity index (χ1v) is 9.69. The summed E-state index contributed by atoms with van der Waals surface area (Å²) in [6, 6.07) is 17.4. The number of nitrogens with zero attached hydrogens (tertiary/aromatic N) is 3. The number of hydrogen-bond donors (Lipinski definition) is 0. The van der Waals surface area contributed by atoms with Crippen LogP contribution in [0.15, 0.2) is 75.8 Å². The van der Waals surface area contributed by atoms with Gasteiger partial charge >= 0.3 is 5.97 Å². The van der Waals surface area contributed by atoms with Gasteiger partial charge in [0, 0.05) is 28.6 Å². The molecule has 0 radical (unpaired) electrons. The number of hydrogen-bond acceptors (Lipinski definition) is 8. The highest BCUT2D eigenvalue weighted by atomic mass is 16.6. The Balaban J connectivity index is 1.27. The molecule has 0 aliphatic carbocycles. The third kappa shape index (κ3) is 3.67. The highest BCUT2D eigenvalue weighted by Gasteiger charge is 2.16. The van der Waals surface area contributed by atoms with Crippen molar-refractivity contribution in [1.29, 1.82) is 0 Å². The molecule has 3 aromatic carbocycles. The van der Waals surface area contributed by atoms with Gasteiger partial charge in [0.1, 0.15) is 5.58 Å². The maximum atomic E-state index is 12.4. The SMILES string of the molecule is O=C(Cc1coc2ccc3ccccc3c12)OCc1nnc(-c2ccc([N+](=O)[O-])cc2)o1. The van der Waals surface area contributed by atoms with Gasteiger partial charge in [-0.1, -0.05) is 30.3 Å². The number of aromatic nitrogens is 2. The highest BCUT2D eigenvalue weighted by Crippen LogP contribution is 2.30. The van der Waals surface area contributed by atoms with E-state index in [-0.39, 0.29) is 30.5 Å². The van der Waals surface area contributed by atoms with E-state index in [2.05, 4.69) is 10.2 Å². The molecule has 32 heavy (non-hydrogen) atoms. The minimum atomic E-state index is -0.492. The molecule has 9 heteroatoms. The van der Waals surface area contributed by atoms with Crippen LogP contribution >= 0.6 is 0 Å². The van der Waals surface area contributed by atoms with Crippen LogP contribution in [0.4, 0.5) is 5.69 Å². The van der Waals surface area contributed by atoms with E-state index in [0.29, 0.717) is 11.1 Å². The molecule has 0 fully saturated rings. The minimum absolute atomic E-state index is 0.0321. The van der Waals surface area contributed by atoms with Crippen molar-refractivity contribution < 1.29 is 23.3 Å². The third-order valence-corrected chi connectivity index (χ3v) is 5.02. The average molecular weight is 429 g/mol. The van der Waals surface area contributed by atoms with Gasteiger partial charge in [0.15, 0.2) is 6.61 Å². The van der Waals surface area contributed by atoms with E-state index >= 15 is 0 Å². The summed E-state index contributed by atoms with van der Waals surface area (Å²) in [5.74, 6) is -0.164. The fraction of sp³-hybridized carbons (Fsp3) is 0.0870. The van der Waals surface area contributed by atoms with Gasteiger partial charge in [-0.3, -0.25) is 14.9 Å². The highest BCUT2D eigenvalue weighted by molar-refractivity contribution is 6.08. The zero-order valence-corrected chi connectivity index (χ0v) is 16.6. The molecule has 2 heterocycles. The molecule has 0 aliphatic heterocycles. The number of rotatable bonds is 6. The number of ether oxygens (including phenoxy) is 1. The Bertz CT molecular complexity index is 1450. The lowest BCUT2D eigenvalue weighted by atomic mass is 10.0. The summed E-state index contributed by atoms with van der Waals surface area (Å²) in [7, 11) is 0. The lowest BCUT2D eigenvalue weighted by Gasteiger charge is -2.03. The Morgan fingerprint density at radius 3 is 2.66 bits per heavy atom. The van der Waals surface area contributed by atoms with Gasteiger partial charge in [0.05, 0.1) is 17.6 Å². The molecule has 0 N–H and O–H groups in total. The lowest BCUT2D eigenvalue weighted by Crippen LogP contribution is -2.08. The molecule has 2 aromatic heterocycles. The number of non-ortho nitro benzene ring substituents is 1. The van der Waals surface area contributed by atoms with Crippen molar-refractivity contribution in [2.24, 2.45) is 0 Å². The fourth-order valence-corrected chi connectivity index (χ4v) is 3.51. The molecule has 0 saturated heterocycles. The Hall–Kier alpha value is -4.53. The van der Waals surface area contributed by atoms with Crippen LogP contribution < -0.4 is 0 Å². The quantitative estimate of drug-likeness (QED) is 0.214. The molecule has 0 aliphatic rings. The zero-order valence-electron chi connectivity index (χ0n) is 16.6. The number of furan rings is 1. The third-order valence-electron chi connectivity index (χ3n) is 5.02. The van der Waals surface area contributed by atoms with E-state index in [4.69, 9.17) is 13.6 Å². The summed E-state index contributed by atoms with van der Waals surface area (Å²) < 4.78 is 16.4. The van der Waals surface area contributed by atoms with Crippen LogP contribution in [0.5, 0.6) is 0 Å². The van der Waals surface area contributed by atoms with Crippen molar-refractivity contribution in [1.82, 2.24) is 10.2 Å². The topological polar surface area (TPSA) is 122 Å². The van der Waals surface area contributed by atoms with Gasteiger partial charge in [-0.25, -0.2) is 0 Å². The smallest absolute Gasteiger partial charge is 0.310 e. The van der Waals surface area contributed by atoms with Crippen LogP contribution in [0.2, 0.25) is 0 Å². The first kappa shape index (κ1) is 19.4. The van der Waals surface area contributed by atoms with Gasteiger partial charge in [-0.2, -0.15) is 0 Å². The van der Waals surface area contributed by atoms with E-state index in [0.717, 1.165) is 21.7 Å². The number of nitro groups is 1. The van der Waals surface area contributed by atoms with Crippen LogP contribution in [0.3, 0.4) is 0 Å². The normalized spacial score (nSPS) is 11.1. The van der Waals surface area contributed by atoms with E-state index in [9.17, 15) is 14.9 Å². The summed E-state index contributed by atoms with van der Waals surface area (Å²) in [6.07, 6.45) is 1.60. The molecule has 0 bridgehead atoms. The number of esters is 1. The van der Waals surface area contributed by atoms with E-state index in [1.165, 1.54) is 24.3 Å². The van der Waals surface area contributed by atoms with Crippen molar-refractivity contribution in [3.63, 3.8) is 0 Å². The Kier molecular flexibility index (Phi) is 4.83. The van der Waals surface area contributed by atoms with Gasteiger partial charge < -0.3 is 13.6 Å². The molecule has 158 valence electrons. The maximum absolute atomic E-state index is 12.4. The summed E-state index contributed by atoms with van der Waals surface area (Å²) in [5.41, 5.74) is 1.93. The Labute approximate surface area is 180 Å². The number of nitro benzene ring substituents is 1. The summed E-state index contributed by atoms with van der Waals surface area (Å²) in [5, 5.41) is 21.5. The van der Waals surface area contributed by atoms with Crippen LogP contribution in [0.1, 0.15) is 11.5 Å². The Morgan fingerprint density at radius 2 is 1.84 bits per heavy atom. The van der Waals surface area contributed by atoms with Crippen molar-refractivity contribution in [2.75, 3.05) is 0 Å². The van der Waals surface area contributed by atoms with Crippen LogP contribution in [0.25, 0.3) is 33.2 Å². The van der Waals surface area contributed by atoms with Crippen molar-refractivity contribution >= 4 is 33.4 Å². The van der Waals surface area contributed by atoms with Gasteiger partial charge in [-0.15, -0.1) is 10.2 Å². The minimum Gasteiger partial charge on any atom is -0.464 e. The molecule has 0 saturated carbocycles. The Morgan fingerprint density at radius 1 is 1.03 bits per heavy atom. The second-order valence-electron chi connectivity index (χ2n) is 7.06. The number of carbonyl (C=O) groups is 1. The first-order valence-electron chi connectivity index (χ1n) is 9.69. The standard InChI is InChI=1S/C23H15N3O6/c27-21(11-16-12-30-19-10-7-14-3-1-2-4-18(14)22(16)19)31-13-20-24-25-23(32-20)15-5-8-17(9-6-15)26(28)29/h1-10,12H,11,13H2. The molecule has 0 amide bonds. The van der Waals surface area contributed by atoms with Crippen LogP contribution in [0, 0.1) is 10.1 Å². The van der Waals surface area contributed by atoms with Crippen LogP contribution in [-0.4, -0.2) is 21.1 Å². The maximum Gasteiger partial charge on any atom is 0.310 e. The molecule has 0 spiro atoms. The second-order valence-corrected chi connectivity index (χ2v) is 7.06. The number of fused-ring (bicyclic) bond motifs is 3. The van der Waals surface area contributed by atoms with Crippen molar-refractivity contribution in [2.45, 2.75) is 13.0 Å². The van der Waals surface area contributed by atoms with Crippen LogP contribution in [-0.2, 0) is 22.6 Å². The van der Waals surface area contributed by atoms with Gasteiger partial charge in [-0.05, 0) is 29.0 Å². The summed E-state index contributed by atoms with van der Waals surface area (Å²) >= 11 is 0. The number of benzene rings is 3. The molecular weight excluding hydrogens is 414 g/mol. The number of carbonyl (C=O) groups excluding carboxylic acids is 1. The molecule has 0 atom stereocenters. The predicted molar refractivity (Wildman–Crippen MR) is 114 cm³/mol. The second kappa shape index (κ2) is 7.95. The zero-order chi connectivity index (χ0) is 22.1. The molecule has 5 rings (SSSR count). The largest absolute Gasteiger partial charge is 0.464 e. The van der Waals surface area contributed by atoms with Crippen molar-refractivity contribution in [3.8, 4) is 11.5 Å². The summed E-state index contributed by atoms with van der Waals surface area (Å²) in [4.78, 5) is 22.7. The molecular formula is C23H15N3O6. The predicted octanol–water partition coefficient (Wildman–Crippen LogP) is 4.83. The van der Waals surface area contributed by atoms with Crippen molar-refractivity contribution in [3.05, 3.63) is 88.5 Å². The monoisotopic (exact) mass is 429 g/mol. The molecule has 0 unspecified atom stereocenters. The first-order chi connectivity index (χ1) is 15.6. The molecule has 5 aromatic rings. The fourth-order valence-electron chi connectivity index (χ4n) is 3.51. The summed E-state index contributed by atoms with van der Waals surface area (Å²) in [6.45, 7) is -0.185. The van der Waals surface area contributed by atoms with E-state index in [1.54, 1.807) is 6.26 Å². The van der Waals surface area contributed by atoms with E-state index < -0.39 is 10.9 Å². The van der Waals surface area contributed by atoms with E-state index in [1.807, 2.05) is 36.4 Å². The van der Waals surface area contributed by atoms with Gasteiger partial charge in [0.2, 0.25) is 5.89 Å². The lowest BCUT2D eigenvalue weighted by molar-refractivity contribution is -0.384. The average Bonchev–Trinajstić information content (AvgIpc) is 3.45. The molecule has 9 nitrogen and oxygen atoms in total.